The minimum absolute atomic E-state index is 0.681. The minimum Gasteiger partial charge on any atom is -0.397 e. The molecule has 0 bridgehead atoms. The fraction of sp³-hybridized carbons (Fsp3) is 0.0408. The number of nitrogens with zero attached hydrogens (tertiary/aromatic N) is 2. The van der Waals surface area contributed by atoms with E-state index in [1.807, 2.05) is 38.1 Å². The smallest absolute Gasteiger partial charge is 0.138 e. The van der Waals surface area contributed by atoms with Crippen molar-refractivity contribution < 1.29 is 0 Å². The molecule has 2 N–H and O–H groups in total. The fourth-order valence-electron chi connectivity index (χ4n) is 7.29. The summed E-state index contributed by atoms with van der Waals surface area (Å²) in [6.07, 6.45) is 0. The van der Waals surface area contributed by atoms with Crippen LogP contribution in [-0.2, 0) is 0 Å². The number of hydrogen-bond acceptors (Lipinski definition) is 3. The van der Waals surface area contributed by atoms with Crippen LogP contribution in [0.1, 0.15) is 13.8 Å². The molecule has 3 heteroatoms. The van der Waals surface area contributed by atoms with Crippen molar-refractivity contribution in [2.45, 2.75) is 13.8 Å². The molecule has 52 heavy (non-hydrogen) atoms. The van der Waals surface area contributed by atoms with Crippen molar-refractivity contribution in [2.24, 2.45) is 0 Å². The van der Waals surface area contributed by atoms with Crippen LogP contribution in [0.4, 0.5) is 22.9 Å². The monoisotopic (exact) mass is 669 g/mol. The summed E-state index contributed by atoms with van der Waals surface area (Å²) in [7, 11) is 0. The molecule has 250 valence electrons. The van der Waals surface area contributed by atoms with Gasteiger partial charge in [0.15, 0.2) is 0 Å². The van der Waals surface area contributed by atoms with E-state index in [0.29, 0.717) is 5.69 Å². The van der Waals surface area contributed by atoms with Crippen LogP contribution in [0.25, 0.3) is 65.8 Å². The Morgan fingerprint density at radius 2 is 1.00 bits per heavy atom. The molecule has 0 radical (unpaired) electrons. The molecule has 0 unspecified atom stereocenters. The number of pyridine rings is 1. The van der Waals surface area contributed by atoms with Crippen LogP contribution in [0.5, 0.6) is 0 Å². The second-order valence-corrected chi connectivity index (χ2v) is 12.6. The summed E-state index contributed by atoms with van der Waals surface area (Å²) < 4.78 is 0. The van der Waals surface area contributed by atoms with E-state index >= 15 is 0 Å². The van der Waals surface area contributed by atoms with E-state index in [0.717, 1.165) is 50.3 Å². The Morgan fingerprint density at radius 3 is 1.71 bits per heavy atom. The van der Waals surface area contributed by atoms with Crippen molar-refractivity contribution in [1.29, 1.82) is 0 Å². The number of benzene rings is 8. The van der Waals surface area contributed by atoms with Gasteiger partial charge in [0.05, 0.1) is 17.1 Å². The summed E-state index contributed by atoms with van der Waals surface area (Å²) >= 11 is 0. The first-order valence-electron chi connectivity index (χ1n) is 17.9. The lowest BCUT2D eigenvalue weighted by Crippen LogP contribution is -2.13. The van der Waals surface area contributed by atoms with Gasteiger partial charge in [-0.3, -0.25) is 4.90 Å². The lowest BCUT2D eigenvalue weighted by molar-refractivity contribution is 1.19. The molecule has 1 heterocycles. The van der Waals surface area contributed by atoms with Crippen LogP contribution < -0.4 is 10.6 Å². The summed E-state index contributed by atoms with van der Waals surface area (Å²) in [5.74, 6) is 0.789. The fourth-order valence-corrected chi connectivity index (χ4v) is 7.29. The Labute approximate surface area is 305 Å². The Hall–Kier alpha value is -6.71. The Balaban J connectivity index is 0.00000190. The molecule has 8 aromatic carbocycles. The molecule has 9 rings (SSSR count). The molecular formula is C49H39N3. The third-order valence-electron chi connectivity index (χ3n) is 9.58. The summed E-state index contributed by atoms with van der Waals surface area (Å²) in [5.41, 5.74) is 16.0. The van der Waals surface area contributed by atoms with E-state index in [1.165, 1.54) is 32.7 Å². The highest BCUT2D eigenvalue weighted by Gasteiger charge is 2.21. The Kier molecular flexibility index (Phi) is 8.91. The lowest BCUT2D eigenvalue weighted by atomic mass is 9.87. The van der Waals surface area contributed by atoms with Crippen LogP contribution >= 0.6 is 0 Å². The summed E-state index contributed by atoms with van der Waals surface area (Å²) in [6, 6.07) is 66.1. The third kappa shape index (κ3) is 5.93. The van der Waals surface area contributed by atoms with Gasteiger partial charge in [0.2, 0.25) is 0 Å². The average Bonchev–Trinajstić information content (AvgIpc) is 3.22. The Bertz CT molecular complexity index is 2620. The van der Waals surface area contributed by atoms with Crippen molar-refractivity contribution in [3.05, 3.63) is 188 Å². The highest BCUT2D eigenvalue weighted by atomic mass is 15.2. The van der Waals surface area contributed by atoms with Crippen molar-refractivity contribution in [2.75, 3.05) is 10.6 Å². The van der Waals surface area contributed by atoms with E-state index in [-0.39, 0.29) is 0 Å². The molecule has 0 fully saturated rings. The number of nitrogens with two attached hydrogens (primary N) is 1. The first kappa shape index (κ1) is 32.5. The number of anilines is 4. The maximum Gasteiger partial charge on any atom is 0.138 e. The van der Waals surface area contributed by atoms with Crippen LogP contribution in [0.3, 0.4) is 0 Å². The average molecular weight is 670 g/mol. The van der Waals surface area contributed by atoms with Gasteiger partial charge in [0.1, 0.15) is 5.82 Å². The van der Waals surface area contributed by atoms with E-state index in [9.17, 15) is 0 Å². The van der Waals surface area contributed by atoms with Gasteiger partial charge in [-0.1, -0.05) is 159 Å². The van der Waals surface area contributed by atoms with Gasteiger partial charge in [0.25, 0.3) is 0 Å². The standard InChI is InChI=1S/C47H33N3.C2H6/c48-42-24-10-11-26-44(42)50(37-19-12-18-35(31-37)32-14-2-1-3-15-32)45-27-13-25-43(49-45)47-40-22-8-6-20-38(40)46(39-21-7-9-23-41(39)47)36-29-28-33-16-4-5-17-34(33)30-36;1-2/h1-31H,48H2;1-2H3. The molecule has 0 saturated carbocycles. The largest absolute Gasteiger partial charge is 0.397 e. The number of hydrogen-bond donors (Lipinski definition) is 1. The number of para-hydroxylation sites is 2. The van der Waals surface area contributed by atoms with E-state index in [4.69, 9.17) is 10.7 Å². The zero-order chi connectivity index (χ0) is 35.4. The van der Waals surface area contributed by atoms with E-state index in [1.54, 1.807) is 0 Å². The highest BCUT2D eigenvalue weighted by molar-refractivity contribution is 6.21. The zero-order valence-electron chi connectivity index (χ0n) is 29.4. The second-order valence-electron chi connectivity index (χ2n) is 12.6. The highest BCUT2D eigenvalue weighted by Crippen LogP contribution is 2.45. The molecule has 0 aliphatic rings. The predicted octanol–water partition coefficient (Wildman–Crippen LogP) is 13.6. The molecule has 0 aliphatic carbocycles. The van der Waals surface area contributed by atoms with E-state index in [2.05, 4.69) is 169 Å². The SMILES string of the molecule is CC.Nc1ccccc1N(c1cccc(-c2ccccc2)c1)c1cccc(-c2c3ccccc3c(-c3ccc4ccccc4c3)c3ccccc23)n1. The molecule has 9 aromatic rings. The molecule has 0 saturated heterocycles. The molecule has 3 nitrogen and oxygen atoms in total. The minimum atomic E-state index is 0.681. The van der Waals surface area contributed by atoms with Gasteiger partial charge in [-0.2, -0.15) is 0 Å². The molecule has 0 atom stereocenters. The summed E-state index contributed by atoms with van der Waals surface area (Å²) in [6.45, 7) is 4.00. The maximum absolute atomic E-state index is 6.68. The van der Waals surface area contributed by atoms with Gasteiger partial charge >= 0.3 is 0 Å². The lowest BCUT2D eigenvalue weighted by Gasteiger charge is -2.27. The quantitative estimate of drug-likeness (QED) is 0.142. The number of aromatic nitrogens is 1. The van der Waals surface area contributed by atoms with Crippen molar-refractivity contribution in [3.63, 3.8) is 0 Å². The molecule has 1 aromatic heterocycles. The van der Waals surface area contributed by atoms with Gasteiger partial charge in [-0.25, -0.2) is 4.98 Å². The molecule has 0 spiro atoms. The first-order valence-corrected chi connectivity index (χ1v) is 17.9. The zero-order valence-corrected chi connectivity index (χ0v) is 29.4. The molecule has 0 aliphatic heterocycles. The maximum atomic E-state index is 6.68. The number of rotatable bonds is 6. The van der Waals surface area contributed by atoms with Gasteiger partial charge in [-0.15, -0.1) is 0 Å². The third-order valence-corrected chi connectivity index (χ3v) is 9.58. The van der Waals surface area contributed by atoms with Gasteiger partial charge in [-0.05, 0) is 97.0 Å². The summed E-state index contributed by atoms with van der Waals surface area (Å²) in [4.78, 5) is 7.62. The van der Waals surface area contributed by atoms with Gasteiger partial charge in [0, 0.05) is 11.3 Å². The van der Waals surface area contributed by atoms with Gasteiger partial charge < -0.3 is 5.73 Å². The number of fused-ring (bicyclic) bond motifs is 3. The van der Waals surface area contributed by atoms with Crippen LogP contribution in [0, 0.1) is 0 Å². The topological polar surface area (TPSA) is 42.1 Å². The Morgan fingerprint density at radius 1 is 0.423 bits per heavy atom. The van der Waals surface area contributed by atoms with Crippen molar-refractivity contribution in [3.8, 4) is 33.5 Å². The van der Waals surface area contributed by atoms with Crippen LogP contribution in [0.2, 0.25) is 0 Å². The van der Waals surface area contributed by atoms with Crippen LogP contribution in [-0.4, -0.2) is 4.98 Å². The summed E-state index contributed by atoms with van der Waals surface area (Å²) in [5, 5.41) is 7.19. The van der Waals surface area contributed by atoms with Crippen molar-refractivity contribution >= 4 is 55.2 Å². The normalized spacial score (nSPS) is 11.0. The molecule has 0 amide bonds. The number of nitrogen functional groups attached to an aromatic ring is 1. The van der Waals surface area contributed by atoms with Crippen molar-refractivity contribution in [1.82, 2.24) is 4.98 Å². The predicted molar refractivity (Wildman–Crippen MR) is 224 cm³/mol. The second kappa shape index (κ2) is 14.3. The van der Waals surface area contributed by atoms with Crippen LogP contribution in [0.15, 0.2) is 188 Å². The molecular weight excluding hydrogens is 631 g/mol. The first-order chi connectivity index (χ1) is 25.7. The van der Waals surface area contributed by atoms with E-state index < -0.39 is 0 Å².